The molecule has 2 aromatic rings. The zero-order chi connectivity index (χ0) is 14.8. The van der Waals surface area contributed by atoms with E-state index in [2.05, 4.69) is 58.9 Å². The molecular weight excluding hydrogens is 260 g/mol. The van der Waals surface area contributed by atoms with Gasteiger partial charge in [-0.3, -0.25) is 4.90 Å². The third-order valence-electron chi connectivity index (χ3n) is 4.39. The van der Waals surface area contributed by atoms with E-state index in [1.54, 1.807) is 0 Å². The summed E-state index contributed by atoms with van der Waals surface area (Å²) in [7, 11) is 2.08. The van der Waals surface area contributed by atoms with Gasteiger partial charge in [0.25, 0.3) is 0 Å². The quantitative estimate of drug-likeness (QED) is 0.938. The molecule has 4 nitrogen and oxygen atoms in total. The number of nitrogens with one attached hydrogen (secondary N) is 1. The lowest BCUT2D eigenvalue weighted by Crippen LogP contribution is -2.46. The number of benzene rings is 1. The van der Waals surface area contributed by atoms with Gasteiger partial charge >= 0.3 is 0 Å². The summed E-state index contributed by atoms with van der Waals surface area (Å²) in [6, 6.07) is 7.07. The summed E-state index contributed by atoms with van der Waals surface area (Å²) in [6.45, 7) is 8.43. The maximum Gasteiger partial charge on any atom is 0.127 e. The Morgan fingerprint density at radius 3 is 2.95 bits per heavy atom. The van der Waals surface area contributed by atoms with Gasteiger partial charge in [-0.1, -0.05) is 23.8 Å². The molecule has 0 bridgehead atoms. The number of rotatable bonds is 3. The fourth-order valence-electron chi connectivity index (χ4n) is 3.08. The fourth-order valence-corrected chi connectivity index (χ4v) is 3.08. The Morgan fingerprint density at radius 2 is 2.19 bits per heavy atom. The van der Waals surface area contributed by atoms with Crippen LogP contribution in [-0.4, -0.2) is 34.1 Å². The molecule has 1 aromatic heterocycles. The number of aromatic nitrogens is 2. The van der Waals surface area contributed by atoms with Crippen molar-refractivity contribution in [1.82, 2.24) is 19.8 Å². The molecule has 1 aromatic carbocycles. The molecule has 3 rings (SSSR count). The summed E-state index contributed by atoms with van der Waals surface area (Å²) in [5, 5.41) is 3.50. The summed E-state index contributed by atoms with van der Waals surface area (Å²) in [5.74, 6) is 1.15. The van der Waals surface area contributed by atoms with E-state index < -0.39 is 0 Å². The lowest BCUT2D eigenvalue weighted by molar-refractivity contribution is 0.144. The topological polar surface area (TPSA) is 33.1 Å². The van der Waals surface area contributed by atoms with Gasteiger partial charge in [0.15, 0.2) is 0 Å². The first kappa shape index (κ1) is 14.3. The van der Waals surface area contributed by atoms with Crippen LogP contribution in [0.2, 0.25) is 0 Å². The molecule has 1 atom stereocenters. The van der Waals surface area contributed by atoms with Crippen LogP contribution < -0.4 is 5.32 Å². The van der Waals surface area contributed by atoms with Gasteiger partial charge in [-0.15, -0.1) is 0 Å². The van der Waals surface area contributed by atoms with Crippen molar-refractivity contribution in [3.8, 4) is 0 Å². The van der Waals surface area contributed by atoms with Gasteiger partial charge in [0.2, 0.25) is 0 Å². The van der Waals surface area contributed by atoms with Crippen molar-refractivity contribution in [1.29, 1.82) is 0 Å². The molecule has 1 saturated heterocycles. The van der Waals surface area contributed by atoms with Gasteiger partial charge < -0.3 is 9.88 Å². The van der Waals surface area contributed by atoms with Crippen molar-refractivity contribution in [3.63, 3.8) is 0 Å². The maximum absolute atomic E-state index is 4.55. The van der Waals surface area contributed by atoms with Crippen LogP contribution in [-0.2, 0) is 13.6 Å². The number of nitrogens with zero attached hydrogens (tertiary/aromatic N) is 3. The smallest absolute Gasteiger partial charge is 0.127 e. The minimum Gasteiger partial charge on any atom is -0.337 e. The highest BCUT2D eigenvalue weighted by Crippen LogP contribution is 2.24. The zero-order valence-electron chi connectivity index (χ0n) is 13.1. The van der Waals surface area contributed by atoms with Crippen LogP contribution in [0.5, 0.6) is 0 Å². The Kier molecular flexibility index (Phi) is 4.08. The standard InChI is InChI=1S/C17H24N4/c1-13-4-5-14(2)15(10-13)12-21-9-6-18-11-16(21)17-19-7-8-20(17)3/h4-5,7-8,10,16,18H,6,9,11-12H2,1-3H3. The van der Waals surface area contributed by atoms with E-state index in [0.29, 0.717) is 6.04 Å². The van der Waals surface area contributed by atoms with Crippen molar-refractivity contribution in [2.24, 2.45) is 7.05 Å². The average molecular weight is 284 g/mol. The van der Waals surface area contributed by atoms with Crippen LogP contribution in [0.15, 0.2) is 30.6 Å². The number of piperazine rings is 1. The highest BCUT2D eigenvalue weighted by atomic mass is 15.3. The Morgan fingerprint density at radius 1 is 1.33 bits per heavy atom. The molecule has 0 saturated carbocycles. The van der Waals surface area contributed by atoms with Crippen molar-refractivity contribution in [2.75, 3.05) is 19.6 Å². The van der Waals surface area contributed by atoms with Crippen LogP contribution in [0.4, 0.5) is 0 Å². The largest absolute Gasteiger partial charge is 0.337 e. The third kappa shape index (κ3) is 3.01. The Labute approximate surface area is 126 Å². The predicted octanol–water partition coefficient (Wildman–Crippen LogP) is 2.18. The van der Waals surface area contributed by atoms with Gasteiger partial charge in [0.05, 0.1) is 6.04 Å². The second-order valence-corrected chi connectivity index (χ2v) is 6.02. The number of aryl methyl sites for hydroxylation is 3. The van der Waals surface area contributed by atoms with Gasteiger partial charge in [-0.05, 0) is 25.0 Å². The Bertz CT molecular complexity index is 617. The van der Waals surface area contributed by atoms with Crippen molar-refractivity contribution < 1.29 is 0 Å². The second-order valence-electron chi connectivity index (χ2n) is 6.02. The first-order valence-corrected chi connectivity index (χ1v) is 7.63. The SMILES string of the molecule is Cc1ccc(C)c(CN2CCNCC2c2nccn2C)c1. The minimum atomic E-state index is 0.346. The molecular formula is C17H24N4. The summed E-state index contributed by atoms with van der Waals surface area (Å²) in [6.07, 6.45) is 3.92. The summed E-state index contributed by atoms with van der Waals surface area (Å²) >= 11 is 0. The number of hydrogen-bond acceptors (Lipinski definition) is 3. The molecule has 0 aliphatic carbocycles. The lowest BCUT2D eigenvalue weighted by Gasteiger charge is -2.36. The second kappa shape index (κ2) is 6.00. The van der Waals surface area contributed by atoms with E-state index >= 15 is 0 Å². The molecule has 0 amide bonds. The molecule has 0 radical (unpaired) electrons. The van der Waals surface area contributed by atoms with Gasteiger partial charge in [-0.25, -0.2) is 4.98 Å². The summed E-state index contributed by atoms with van der Waals surface area (Å²) < 4.78 is 2.13. The Hall–Kier alpha value is -1.65. The molecule has 0 spiro atoms. The van der Waals surface area contributed by atoms with Crippen LogP contribution in [0, 0.1) is 13.8 Å². The highest BCUT2D eigenvalue weighted by Gasteiger charge is 2.26. The molecule has 1 N–H and O–H groups in total. The highest BCUT2D eigenvalue weighted by molar-refractivity contribution is 5.30. The molecule has 1 unspecified atom stereocenters. The summed E-state index contributed by atoms with van der Waals surface area (Å²) in [5.41, 5.74) is 4.13. The van der Waals surface area contributed by atoms with E-state index in [9.17, 15) is 0 Å². The number of hydrogen-bond donors (Lipinski definition) is 1. The number of imidazole rings is 1. The van der Waals surface area contributed by atoms with Crippen LogP contribution in [0.3, 0.4) is 0 Å². The van der Waals surface area contributed by atoms with Crippen LogP contribution in [0.1, 0.15) is 28.6 Å². The van der Waals surface area contributed by atoms with Crippen LogP contribution >= 0.6 is 0 Å². The van der Waals surface area contributed by atoms with Crippen molar-refractivity contribution in [3.05, 3.63) is 53.1 Å². The molecule has 112 valence electrons. The molecule has 4 heteroatoms. The average Bonchev–Trinajstić information content (AvgIpc) is 2.90. The molecule has 1 aliphatic heterocycles. The van der Waals surface area contributed by atoms with Gasteiger partial charge in [0, 0.05) is 45.6 Å². The fraction of sp³-hybridized carbons (Fsp3) is 0.471. The Balaban J connectivity index is 1.85. The molecule has 2 heterocycles. The lowest BCUT2D eigenvalue weighted by atomic mass is 10.0. The van der Waals surface area contributed by atoms with Crippen molar-refractivity contribution >= 4 is 0 Å². The molecule has 1 aliphatic rings. The van der Waals surface area contributed by atoms with E-state index in [1.807, 2.05) is 12.4 Å². The van der Waals surface area contributed by atoms with E-state index in [4.69, 9.17) is 0 Å². The summed E-state index contributed by atoms with van der Waals surface area (Å²) in [4.78, 5) is 7.09. The van der Waals surface area contributed by atoms with Gasteiger partial charge in [-0.2, -0.15) is 0 Å². The van der Waals surface area contributed by atoms with E-state index in [0.717, 1.165) is 32.0 Å². The van der Waals surface area contributed by atoms with Crippen LogP contribution in [0.25, 0.3) is 0 Å². The minimum absolute atomic E-state index is 0.346. The third-order valence-corrected chi connectivity index (χ3v) is 4.39. The van der Waals surface area contributed by atoms with Crippen molar-refractivity contribution in [2.45, 2.75) is 26.4 Å². The van der Waals surface area contributed by atoms with E-state index in [-0.39, 0.29) is 0 Å². The zero-order valence-corrected chi connectivity index (χ0v) is 13.1. The molecule has 21 heavy (non-hydrogen) atoms. The maximum atomic E-state index is 4.55. The normalized spacial score (nSPS) is 19.9. The first-order chi connectivity index (χ1) is 10.1. The van der Waals surface area contributed by atoms with Gasteiger partial charge in [0.1, 0.15) is 5.82 Å². The first-order valence-electron chi connectivity index (χ1n) is 7.63. The molecule has 1 fully saturated rings. The predicted molar refractivity (Wildman–Crippen MR) is 85.1 cm³/mol. The monoisotopic (exact) mass is 284 g/mol. The van der Waals surface area contributed by atoms with E-state index in [1.165, 1.54) is 16.7 Å².